The van der Waals surface area contributed by atoms with Crippen molar-refractivity contribution in [2.24, 2.45) is 5.92 Å². The zero-order valence-corrected chi connectivity index (χ0v) is 11.1. The molecular formula is C11H12BrN3O2. The molecule has 90 valence electrons. The predicted octanol–water partition coefficient (Wildman–Crippen LogP) is 2.39. The van der Waals surface area contributed by atoms with Crippen LogP contribution >= 0.6 is 15.9 Å². The van der Waals surface area contributed by atoms with E-state index in [1.807, 2.05) is 6.07 Å². The largest absolute Gasteiger partial charge is 0.476 e. The molecule has 0 aromatic carbocycles. The molecule has 2 rings (SSSR count). The second-order valence-electron chi connectivity index (χ2n) is 4.25. The van der Waals surface area contributed by atoms with Crippen LogP contribution in [-0.2, 0) is 6.42 Å². The van der Waals surface area contributed by atoms with Crippen molar-refractivity contribution in [3.05, 3.63) is 28.1 Å². The Morgan fingerprint density at radius 2 is 2.24 bits per heavy atom. The zero-order valence-electron chi connectivity index (χ0n) is 9.51. The van der Waals surface area contributed by atoms with Crippen molar-refractivity contribution >= 4 is 27.5 Å². The first-order valence-corrected chi connectivity index (χ1v) is 6.05. The van der Waals surface area contributed by atoms with Crippen molar-refractivity contribution in [1.29, 1.82) is 0 Å². The molecule has 0 atom stereocenters. The van der Waals surface area contributed by atoms with Gasteiger partial charge in [0.15, 0.2) is 11.3 Å². The topological polar surface area (TPSA) is 67.5 Å². The summed E-state index contributed by atoms with van der Waals surface area (Å²) in [4.78, 5) is 14.9. The molecule has 0 spiro atoms. The minimum absolute atomic E-state index is 0.0146. The number of hydrogen-bond acceptors (Lipinski definition) is 3. The summed E-state index contributed by atoms with van der Waals surface area (Å²) in [6.07, 6.45) is 0.850. The molecule has 0 aliphatic rings. The Bertz CT molecular complexity index is 577. The van der Waals surface area contributed by atoms with Crippen LogP contribution in [-0.4, -0.2) is 25.7 Å². The number of nitrogens with zero attached hydrogens (tertiary/aromatic N) is 3. The molecule has 0 bridgehead atoms. The molecule has 6 heteroatoms. The van der Waals surface area contributed by atoms with Crippen molar-refractivity contribution in [2.75, 3.05) is 0 Å². The fourth-order valence-electron chi connectivity index (χ4n) is 1.61. The van der Waals surface area contributed by atoms with E-state index in [1.165, 1.54) is 4.52 Å². The third kappa shape index (κ3) is 2.31. The monoisotopic (exact) mass is 297 g/mol. The van der Waals surface area contributed by atoms with Crippen molar-refractivity contribution < 1.29 is 9.90 Å². The van der Waals surface area contributed by atoms with Gasteiger partial charge in [0.25, 0.3) is 0 Å². The average Bonchev–Trinajstić information content (AvgIpc) is 2.56. The highest BCUT2D eigenvalue weighted by molar-refractivity contribution is 9.10. The number of aromatic carboxylic acids is 1. The highest BCUT2D eigenvalue weighted by atomic mass is 79.9. The van der Waals surface area contributed by atoms with Crippen LogP contribution < -0.4 is 0 Å². The lowest BCUT2D eigenvalue weighted by atomic mass is 10.1. The lowest BCUT2D eigenvalue weighted by molar-refractivity contribution is 0.0690. The highest BCUT2D eigenvalue weighted by Gasteiger charge is 2.17. The molecule has 0 aliphatic carbocycles. The van der Waals surface area contributed by atoms with Crippen LogP contribution in [0.3, 0.4) is 0 Å². The molecule has 2 heterocycles. The Labute approximate surface area is 107 Å². The van der Waals surface area contributed by atoms with Crippen LogP contribution in [0.15, 0.2) is 16.7 Å². The van der Waals surface area contributed by atoms with Crippen LogP contribution in [0.2, 0.25) is 0 Å². The number of aromatic nitrogens is 3. The number of carboxylic acids is 1. The first kappa shape index (κ1) is 12.0. The van der Waals surface area contributed by atoms with Crippen LogP contribution in [0.1, 0.15) is 30.0 Å². The summed E-state index contributed by atoms with van der Waals surface area (Å²) >= 11 is 3.21. The Kier molecular flexibility index (Phi) is 3.15. The number of hydrogen-bond donors (Lipinski definition) is 1. The van der Waals surface area contributed by atoms with Gasteiger partial charge in [-0.2, -0.15) is 5.10 Å². The third-order valence-electron chi connectivity index (χ3n) is 2.30. The number of halogens is 1. The minimum Gasteiger partial charge on any atom is -0.476 e. The zero-order chi connectivity index (χ0) is 12.6. The molecule has 0 unspecified atom stereocenters. The standard InChI is InChI=1S/C11H12BrN3O2/c1-6(2)5-7-3-4-8-13-9(11(16)17)10(12)15(8)14-7/h3-4,6H,5H2,1-2H3,(H,16,17). The summed E-state index contributed by atoms with van der Waals surface area (Å²) in [7, 11) is 0. The van der Waals surface area contributed by atoms with Crippen LogP contribution in [0.5, 0.6) is 0 Å². The van der Waals surface area contributed by atoms with Crippen LogP contribution in [0.4, 0.5) is 0 Å². The van der Waals surface area contributed by atoms with Crippen molar-refractivity contribution in [2.45, 2.75) is 20.3 Å². The second-order valence-corrected chi connectivity index (χ2v) is 5.00. The van der Waals surface area contributed by atoms with E-state index in [9.17, 15) is 4.79 Å². The summed E-state index contributed by atoms with van der Waals surface area (Å²) in [5.41, 5.74) is 1.43. The maximum atomic E-state index is 10.9. The highest BCUT2D eigenvalue weighted by Crippen LogP contribution is 2.18. The fourth-order valence-corrected chi connectivity index (χ4v) is 2.13. The first-order valence-electron chi connectivity index (χ1n) is 5.26. The summed E-state index contributed by atoms with van der Waals surface area (Å²) in [6.45, 7) is 4.22. The number of fused-ring (bicyclic) bond motifs is 1. The number of carbonyl (C=O) groups is 1. The van der Waals surface area contributed by atoms with E-state index < -0.39 is 5.97 Å². The van der Waals surface area contributed by atoms with Gasteiger partial charge in [0.1, 0.15) is 4.60 Å². The summed E-state index contributed by atoms with van der Waals surface area (Å²) in [6, 6.07) is 3.66. The van der Waals surface area contributed by atoms with E-state index in [0.717, 1.165) is 12.1 Å². The summed E-state index contributed by atoms with van der Waals surface area (Å²) in [5, 5.41) is 13.3. The van der Waals surface area contributed by atoms with Gasteiger partial charge < -0.3 is 5.11 Å². The van der Waals surface area contributed by atoms with E-state index in [2.05, 4.69) is 39.9 Å². The molecule has 1 N–H and O–H groups in total. The second kappa shape index (κ2) is 4.44. The van der Waals surface area contributed by atoms with E-state index in [4.69, 9.17) is 5.11 Å². The maximum Gasteiger partial charge on any atom is 0.357 e. The molecule has 5 nitrogen and oxygen atoms in total. The van der Waals surface area contributed by atoms with Gasteiger partial charge in [0.2, 0.25) is 0 Å². The third-order valence-corrected chi connectivity index (χ3v) is 3.01. The van der Waals surface area contributed by atoms with Crippen molar-refractivity contribution in [3.8, 4) is 0 Å². The van der Waals surface area contributed by atoms with E-state index in [1.54, 1.807) is 6.07 Å². The molecule has 2 aromatic heterocycles. The quantitative estimate of drug-likeness (QED) is 0.944. The Morgan fingerprint density at radius 3 is 2.82 bits per heavy atom. The van der Waals surface area contributed by atoms with Crippen molar-refractivity contribution in [3.63, 3.8) is 0 Å². The SMILES string of the molecule is CC(C)Cc1ccc2nc(C(=O)O)c(Br)n2n1. The average molecular weight is 298 g/mol. The van der Waals surface area contributed by atoms with E-state index in [-0.39, 0.29) is 5.69 Å². The van der Waals surface area contributed by atoms with Crippen molar-refractivity contribution in [1.82, 2.24) is 14.6 Å². The smallest absolute Gasteiger partial charge is 0.357 e. The summed E-state index contributed by atoms with van der Waals surface area (Å²) in [5.74, 6) is -0.561. The molecular weight excluding hydrogens is 286 g/mol. The molecule has 0 amide bonds. The Hall–Kier alpha value is -1.43. The molecule has 17 heavy (non-hydrogen) atoms. The minimum atomic E-state index is -1.06. The maximum absolute atomic E-state index is 10.9. The molecule has 0 saturated heterocycles. The first-order chi connectivity index (χ1) is 7.99. The Balaban J connectivity index is 2.53. The summed E-state index contributed by atoms with van der Waals surface area (Å²) < 4.78 is 1.90. The van der Waals surface area contributed by atoms with Gasteiger partial charge in [-0.15, -0.1) is 0 Å². The predicted molar refractivity (Wildman–Crippen MR) is 66.2 cm³/mol. The Morgan fingerprint density at radius 1 is 1.53 bits per heavy atom. The van der Waals surface area contributed by atoms with Gasteiger partial charge in [-0.05, 0) is 40.4 Å². The van der Waals surface area contributed by atoms with Gasteiger partial charge in [-0.1, -0.05) is 13.8 Å². The fraction of sp³-hybridized carbons (Fsp3) is 0.364. The van der Waals surface area contributed by atoms with Gasteiger partial charge in [-0.3, -0.25) is 0 Å². The molecule has 0 aliphatic heterocycles. The van der Waals surface area contributed by atoms with Gasteiger partial charge in [0, 0.05) is 0 Å². The number of carboxylic acid groups (broad SMARTS) is 1. The molecule has 0 fully saturated rings. The van der Waals surface area contributed by atoms with Crippen LogP contribution in [0.25, 0.3) is 5.65 Å². The van der Waals surface area contributed by atoms with E-state index in [0.29, 0.717) is 16.2 Å². The lowest BCUT2D eigenvalue weighted by Crippen LogP contribution is -2.02. The van der Waals surface area contributed by atoms with Gasteiger partial charge >= 0.3 is 5.97 Å². The number of imidazole rings is 1. The van der Waals surface area contributed by atoms with E-state index >= 15 is 0 Å². The molecule has 0 radical (unpaired) electrons. The lowest BCUT2D eigenvalue weighted by Gasteiger charge is -2.04. The molecule has 2 aromatic rings. The van der Waals surface area contributed by atoms with Gasteiger partial charge in [0.05, 0.1) is 5.69 Å². The molecule has 0 saturated carbocycles. The normalized spacial score (nSPS) is 11.3. The van der Waals surface area contributed by atoms with Gasteiger partial charge in [-0.25, -0.2) is 14.3 Å². The van der Waals surface area contributed by atoms with Crippen LogP contribution in [0, 0.1) is 5.92 Å². The number of rotatable bonds is 3.